The van der Waals surface area contributed by atoms with Gasteiger partial charge in [0, 0.05) is 12.1 Å². The molecule has 23 heavy (non-hydrogen) atoms. The third-order valence-electron chi connectivity index (χ3n) is 3.77. The third kappa shape index (κ3) is 4.96. The smallest absolute Gasteiger partial charge is 0.310 e. The molecule has 2 atom stereocenters. The fourth-order valence-corrected chi connectivity index (χ4v) is 2.34. The predicted molar refractivity (Wildman–Crippen MR) is 86.4 cm³/mol. The number of methoxy groups -OCH3 is 2. The molecule has 0 bridgehead atoms. The molecule has 1 aromatic rings. The van der Waals surface area contributed by atoms with E-state index < -0.39 is 5.92 Å². The average Bonchev–Trinajstić information content (AvgIpc) is 2.60. The summed E-state index contributed by atoms with van der Waals surface area (Å²) in [5, 5.41) is 9.57. The van der Waals surface area contributed by atoms with E-state index in [0.29, 0.717) is 17.7 Å². The monoisotopic (exact) mass is 323 g/mol. The van der Waals surface area contributed by atoms with E-state index >= 15 is 0 Å². The highest BCUT2D eigenvalue weighted by Crippen LogP contribution is 2.18. The molecule has 0 aromatic heterocycles. The van der Waals surface area contributed by atoms with Crippen LogP contribution in [-0.4, -0.2) is 55.3 Å². The number of aliphatic hydroxyl groups excluding tert-OH is 1. The Labute approximate surface area is 137 Å². The van der Waals surface area contributed by atoms with Gasteiger partial charge in [0.15, 0.2) is 0 Å². The van der Waals surface area contributed by atoms with Gasteiger partial charge in [0.25, 0.3) is 5.91 Å². The Bertz CT molecular complexity index is 527. The predicted octanol–water partition coefficient (Wildman–Crippen LogP) is 1.72. The first kappa shape index (κ1) is 19.0. The maximum atomic E-state index is 12.8. The van der Waals surface area contributed by atoms with Crippen LogP contribution in [0.4, 0.5) is 0 Å². The molecule has 0 fully saturated rings. The molecule has 2 unspecified atom stereocenters. The number of carbonyl (C=O) groups is 2. The van der Waals surface area contributed by atoms with Gasteiger partial charge < -0.3 is 19.5 Å². The van der Waals surface area contributed by atoms with Gasteiger partial charge in [-0.3, -0.25) is 9.59 Å². The zero-order chi connectivity index (χ0) is 17.4. The summed E-state index contributed by atoms with van der Waals surface area (Å²) in [5.74, 6) is -0.536. The Morgan fingerprint density at radius 3 is 2.52 bits per heavy atom. The molecule has 0 heterocycles. The molecular weight excluding hydrogens is 298 g/mol. The van der Waals surface area contributed by atoms with Gasteiger partial charge in [-0.15, -0.1) is 0 Å². The van der Waals surface area contributed by atoms with Gasteiger partial charge in [0.2, 0.25) is 0 Å². The Morgan fingerprint density at radius 2 is 2.00 bits per heavy atom. The molecular formula is C17H25NO5. The number of ether oxygens (including phenoxy) is 2. The van der Waals surface area contributed by atoms with E-state index in [1.54, 1.807) is 31.2 Å². The van der Waals surface area contributed by atoms with Gasteiger partial charge in [0.05, 0.1) is 32.8 Å². The largest absolute Gasteiger partial charge is 0.497 e. The van der Waals surface area contributed by atoms with Crippen LogP contribution in [0.1, 0.15) is 30.6 Å². The van der Waals surface area contributed by atoms with E-state index in [9.17, 15) is 14.7 Å². The maximum Gasteiger partial charge on any atom is 0.310 e. The fourth-order valence-electron chi connectivity index (χ4n) is 2.34. The van der Waals surface area contributed by atoms with Crippen molar-refractivity contribution in [1.29, 1.82) is 0 Å². The number of carbonyl (C=O) groups excluding carboxylic acids is 2. The van der Waals surface area contributed by atoms with Crippen molar-refractivity contribution in [1.82, 2.24) is 4.90 Å². The standard InChI is InChI=1S/C17H25NO5/c1-5-14(11-19)18(10-12(2)17(21)23-4)16(20)13-7-6-8-15(9-13)22-3/h6-9,12,14,19H,5,10-11H2,1-4H3. The lowest BCUT2D eigenvalue weighted by atomic mass is 10.1. The lowest BCUT2D eigenvalue weighted by molar-refractivity contribution is -0.145. The van der Waals surface area contributed by atoms with Gasteiger partial charge in [-0.25, -0.2) is 0 Å². The second kappa shape index (κ2) is 9.15. The first-order chi connectivity index (χ1) is 11.0. The third-order valence-corrected chi connectivity index (χ3v) is 3.77. The minimum absolute atomic E-state index is 0.167. The zero-order valence-corrected chi connectivity index (χ0v) is 14.1. The van der Waals surface area contributed by atoms with E-state index in [1.165, 1.54) is 19.1 Å². The van der Waals surface area contributed by atoms with Crippen LogP contribution in [0.3, 0.4) is 0 Å². The quantitative estimate of drug-likeness (QED) is 0.737. The van der Waals surface area contributed by atoms with Gasteiger partial charge in [-0.1, -0.05) is 19.9 Å². The summed E-state index contributed by atoms with van der Waals surface area (Å²) in [6.07, 6.45) is 0.583. The van der Waals surface area contributed by atoms with Crippen LogP contribution in [-0.2, 0) is 9.53 Å². The SMILES string of the molecule is CCC(CO)N(CC(C)C(=O)OC)C(=O)c1cccc(OC)c1. The van der Waals surface area contributed by atoms with Gasteiger partial charge in [-0.05, 0) is 24.6 Å². The summed E-state index contributed by atoms with van der Waals surface area (Å²) in [6.45, 7) is 3.60. The molecule has 0 radical (unpaired) electrons. The van der Waals surface area contributed by atoms with E-state index in [-0.39, 0.29) is 31.1 Å². The van der Waals surface area contributed by atoms with E-state index in [4.69, 9.17) is 9.47 Å². The molecule has 0 aliphatic heterocycles. The molecule has 0 aliphatic carbocycles. The summed E-state index contributed by atoms with van der Waals surface area (Å²) in [4.78, 5) is 26.0. The molecule has 6 heteroatoms. The highest BCUT2D eigenvalue weighted by Gasteiger charge is 2.27. The maximum absolute atomic E-state index is 12.8. The van der Waals surface area contributed by atoms with Crippen molar-refractivity contribution in [2.75, 3.05) is 27.4 Å². The van der Waals surface area contributed by atoms with Crippen LogP contribution in [0.5, 0.6) is 5.75 Å². The molecule has 1 aromatic carbocycles. The summed E-state index contributed by atoms with van der Waals surface area (Å²) in [6, 6.07) is 6.45. The first-order valence-corrected chi connectivity index (χ1v) is 7.62. The number of nitrogens with zero attached hydrogens (tertiary/aromatic N) is 1. The Morgan fingerprint density at radius 1 is 1.30 bits per heavy atom. The number of hydrogen-bond acceptors (Lipinski definition) is 5. The highest BCUT2D eigenvalue weighted by molar-refractivity contribution is 5.95. The van der Waals surface area contributed by atoms with E-state index in [0.717, 1.165) is 0 Å². The topological polar surface area (TPSA) is 76.1 Å². The zero-order valence-electron chi connectivity index (χ0n) is 14.1. The van der Waals surface area contributed by atoms with Crippen molar-refractivity contribution in [3.63, 3.8) is 0 Å². The number of rotatable bonds is 8. The Balaban J connectivity index is 3.06. The second-order valence-electron chi connectivity index (χ2n) is 5.36. The van der Waals surface area contributed by atoms with Crippen LogP contribution in [0.2, 0.25) is 0 Å². The van der Waals surface area contributed by atoms with Crippen molar-refractivity contribution in [2.45, 2.75) is 26.3 Å². The average molecular weight is 323 g/mol. The molecule has 1 amide bonds. The van der Waals surface area contributed by atoms with Crippen LogP contribution < -0.4 is 4.74 Å². The first-order valence-electron chi connectivity index (χ1n) is 7.62. The highest BCUT2D eigenvalue weighted by atomic mass is 16.5. The molecule has 1 rings (SSSR count). The lowest BCUT2D eigenvalue weighted by Gasteiger charge is -2.31. The Hall–Kier alpha value is -2.08. The normalized spacial score (nSPS) is 13.1. The molecule has 0 saturated carbocycles. The van der Waals surface area contributed by atoms with Crippen LogP contribution in [0, 0.1) is 5.92 Å². The second-order valence-corrected chi connectivity index (χ2v) is 5.36. The molecule has 0 aliphatic rings. The summed E-state index contributed by atoms with van der Waals surface area (Å²) >= 11 is 0. The number of aliphatic hydroxyl groups is 1. The van der Waals surface area contributed by atoms with Gasteiger partial charge >= 0.3 is 5.97 Å². The summed E-state index contributed by atoms with van der Waals surface area (Å²) in [5.41, 5.74) is 0.452. The Kier molecular flexibility index (Phi) is 7.54. The summed E-state index contributed by atoms with van der Waals surface area (Å²) < 4.78 is 9.86. The lowest BCUT2D eigenvalue weighted by Crippen LogP contribution is -2.45. The van der Waals surface area contributed by atoms with Crippen molar-refractivity contribution in [3.05, 3.63) is 29.8 Å². The molecule has 6 nitrogen and oxygen atoms in total. The van der Waals surface area contributed by atoms with Crippen molar-refractivity contribution < 1.29 is 24.2 Å². The number of amides is 1. The van der Waals surface area contributed by atoms with Crippen molar-refractivity contribution >= 4 is 11.9 Å². The minimum Gasteiger partial charge on any atom is -0.497 e. The van der Waals surface area contributed by atoms with Crippen molar-refractivity contribution in [3.8, 4) is 5.75 Å². The van der Waals surface area contributed by atoms with E-state index in [2.05, 4.69) is 0 Å². The molecule has 1 N–H and O–H groups in total. The van der Waals surface area contributed by atoms with Gasteiger partial charge in [-0.2, -0.15) is 0 Å². The fraction of sp³-hybridized carbons (Fsp3) is 0.529. The molecule has 0 spiro atoms. The van der Waals surface area contributed by atoms with E-state index in [1.807, 2.05) is 6.92 Å². The summed E-state index contributed by atoms with van der Waals surface area (Å²) in [7, 11) is 2.85. The van der Waals surface area contributed by atoms with Crippen LogP contribution in [0.15, 0.2) is 24.3 Å². The van der Waals surface area contributed by atoms with Crippen LogP contribution >= 0.6 is 0 Å². The number of esters is 1. The number of benzene rings is 1. The van der Waals surface area contributed by atoms with Crippen molar-refractivity contribution in [2.24, 2.45) is 5.92 Å². The minimum atomic E-state index is -0.477. The van der Waals surface area contributed by atoms with Crippen LogP contribution in [0.25, 0.3) is 0 Å². The number of hydrogen-bond donors (Lipinski definition) is 1. The van der Waals surface area contributed by atoms with Gasteiger partial charge in [0.1, 0.15) is 5.75 Å². The molecule has 0 saturated heterocycles. The molecule has 128 valence electrons.